The Labute approximate surface area is 90.9 Å². The number of rotatable bonds is 1. The minimum absolute atomic E-state index is 0.802. The third kappa shape index (κ3) is 1.55. The molecule has 0 aliphatic carbocycles. The molecule has 2 N–H and O–H groups in total. The molecule has 14 heavy (non-hydrogen) atoms. The zero-order valence-corrected chi connectivity index (χ0v) is 9.34. The number of hydrogen-bond donors (Lipinski definition) is 1. The molecule has 2 rings (SSSR count). The van der Waals surface area contributed by atoms with Gasteiger partial charge in [-0.3, -0.25) is 0 Å². The summed E-state index contributed by atoms with van der Waals surface area (Å²) in [6, 6.07) is 7.73. The van der Waals surface area contributed by atoms with Gasteiger partial charge in [0.2, 0.25) is 0 Å². The normalized spacial score (nSPS) is 10.4. The molecule has 0 aliphatic rings. The van der Waals surface area contributed by atoms with Crippen LogP contribution < -0.4 is 5.73 Å². The standard InChI is InChI=1S/C11H10BrNO/c1-7-6-8(2-3-10(7)13)11-9(12)4-5-14-11/h2-6H,13H2,1H3. The Morgan fingerprint density at radius 2 is 2.07 bits per heavy atom. The summed E-state index contributed by atoms with van der Waals surface area (Å²) in [6.45, 7) is 1.98. The summed E-state index contributed by atoms with van der Waals surface area (Å²) in [5.41, 5.74) is 8.64. The number of aryl methyl sites for hydroxylation is 1. The topological polar surface area (TPSA) is 39.2 Å². The van der Waals surface area contributed by atoms with E-state index in [1.807, 2.05) is 31.2 Å². The van der Waals surface area contributed by atoms with Crippen molar-refractivity contribution in [3.8, 4) is 11.3 Å². The van der Waals surface area contributed by atoms with Gasteiger partial charge in [-0.25, -0.2) is 0 Å². The van der Waals surface area contributed by atoms with E-state index in [2.05, 4.69) is 15.9 Å². The summed E-state index contributed by atoms with van der Waals surface area (Å²) < 4.78 is 6.32. The number of furan rings is 1. The Balaban J connectivity index is 2.53. The van der Waals surface area contributed by atoms with Crippen LogP contribution >= 0.6 is 15.9 Å². The van der Waals surface area contributed by atoms with Crippen LogP contribution in [0.2, 0.25) is 0 Å². The van der Waals surface area contributed by atoms with Crippen LogP contribution in [-0.4, -0.2) is 0 Å². The monoisotopic (exact) mass is 251 g/mol. The molecule has 0 atom stereocenters. The third-order valence-electron chi connectivity index (χ3n) is 2.15. The Bertz CT molecular complexity index is 462. The molecular formula is C11H10BrNO. The average molecular weight is 252 g/mol. The molecule has 0 saturated carbocycles. The molecule has 0 unspecified atom stereocenters. The van der Waals surface area contributed by atoms with Crippen LogP contribution in [0.25, 0.3) is 11.3 Å². The van der Waals surface area contributed by atoms with Crippen molar-refractivity contribution < 1.29 is 4.42 Å². The van der Waals surface area contributed by atoms with Crippen molar-refractivity contribution >= 4 is 21.6 Å². The van der Waals surface area contributed by atoms with E-state index in [0.717, 1.165) is 27.0 Å². The minimum atomic E-state index is 0.802. The summed E-state index contributed by atoms with van der Waals surface area (Å²) in [6.07, 6.45) is 1.66. The van der Waals surface area contributed by atoms with Crippen LogP contribution in [0.3, 0.4) is 0 Å². The van der Waals surface area contributed by atoms with E-state index in [1.54, 1.807) is 6.26 Å². The minimum Gasteiger partial charge on any atom is -0.463 e. The van der Waals surface area contributed by atoms with Gasteiger partial charge in [-0.2, -0.15) is 0 Å². The molecule has 0 saturated heterocycles. The molecule has 0 fully saturated rings. The second-order valence-corrected chi connectivity index (χ2v) is 4.02. The van der Waals surface area contributed by atoms with Crippen LogP contribution in [-0.2, 0) is 0 Å². The lowest BCUT2D eigenvalue weighted by atomic mass is 10.1. The molecule has 0 amide bonds. The highest BCUT2D eigenvalue weighted by atomic mass is 79.9. The molecule has 1 aromatic heterocycles. The largest absolute Gasteiger partial charge is 0.463 e. The molecule has 0 radical (unpaired) electrons. The maximum absolute atomic E-state index is 5.74. The van der Waals surface area contributed by atoms with E-state index in [4.69, 9.17) is 10.2 Å². The van der Waals surface area contributed by atoms with Gasteiger partial charge in [0.05, 0.1) is 10.7 Å². The highest BCUT2D eigenvalue weighted by Gasteiger charge is 2.07. The van der Waals surface area contributed by atoms with Gasteiger partial charge in [0.15, 0.2) is 0 Å². The van der Waals surface area contributed by atoms with Gasteiger partial charge in [-0.05, 0) is 52.7 Å². The van der Waals surface area contributed by atoms with E-state index in [0.29, 0.717) is 0 Å². The lowest BCUT2D eigenvalue weighted by Crippen LogP contribution is -1.89. The van der Waals surface area contributed by atoms with Gasteiger partial charge in [0, 0.05) is 11.3 Å². The van der Waals surface area contributed by atoms with E-state index in [9.17, 15) is 0 Å². The molecular weight excluding hydrogens is 242 g/mol. The first-order valence-corrected chi connectivity index (χ1v) is 5.07. The van der Waals surface area contributed by atoms with Gasteiger partial charge in [-0.15, -0.1) is 0 Å². The van der Waals surface area contributed by atoms with E-state index in [-0.39, 0.29) is 0 Å². The molecule has 0 spiro atoms. The van der Waals surface area contributed by atoms with Crippen molar-refractivity contribution in [1.29, 1.82) is 0 Å². The Hall–Kier alpha value is -1.22. The molecule has 0 aliphatic heterocycles. The van der Waals surface area contributed by atoms with Crippen molar-refractivity contribution in [2.75, 3.05) is 5.73 Å². The number of hydrogen-bond acceptors (Lipinski definition) is 2. The quantitative estimate of drug-likeness (QED) is 0.787. The van der Waals surface area contributed by atoms with Crippen LogP contribution in [0.1, 0.15) is 5.56 Å². The average Bonchev–Trinajstić information content (AvgIpc) is 2.57. The first kappa shape index (κ1) is 9.34. The fraction of sp³-hybridized carbons (Fsp3) is 0.0909. The highest BCUT2D eigenvalue weighted by Crippen LogP contribution is 2.30. The SMILES string of the molecule is Cc1cc(-c2occc2Br)ccc1N. The van der Waals surface area contributed by atoms with Gasteiger partial charge in [0.25, 0.3) is 0 Å². The van der Waals surface area contributed by atoms with Crippen molar-refractivity contribution in [3.05, 3.63) is 40.6 Å². The summed E-state index contributed by atoms with van der Waals surface area (Å²) >= 11 is 3.42. The predicted molar refractivity (Wildman–Crippen MR) is 61.0 cm³/mol. The maximum Gasteiger partial charge on any atom is 0.148 e. The van der Waals surface area contributed by atoms with Crippen LogP contribution in [0.15, 0.2) is 39.4 Å². The predicted octanol–water partition coefficient (Wildman–Crippen LogP) is 3.60. The van der Waals surface area contributed by atoms with Gasteiger partial charge in [0.1, 0.15) is 5.76 Å². The number of nitrogens with two attached hydrogens (primary N) is 1. The maximum atomic E-state index is 5.74. The summed E-state index contributed by atoms with van der Waals surface area (Å²) in [7, 11) is 0. The Morgan fingerprint density at radius 1 is 1.29 bits per heavy atom. The number of halogens is 1. The zero-order valence-electron chi connectivity index (χ0n) is 7.75. The highest BCUT2D eigenvalue weighted by molar-refractivity contribution is 9.10. The smallest absolute Gasteiger partial charge is 0.148 e. The van der Waals surface area contributed by atoms with Crippen LogP contribution in [0.4, 0.5) is 5.69 Å². The number of anilines is 1. The van der Waals surface area contributed by atoms with Gasteiger partial charge < -0.3 is 10.2 Å². The van der Waals surface area contributed by atoms with E-state index < -0.39 is 0 Å². The fourth-order valence-electron chi connectivity index (χ4n) is 1.32. The van der Waals surface area contributed by atoms with Crippen molar-refractivity contribution in [2.45, 2.75) is 6.92 Å². The van der Waals surface area contributed by atoms with Crippen LogP contribution in [0.5, 0.6) is 0 Å². The van der Waals surface area contributed by atoms with Crippen molar-refractivity contribution in [2.24, 2.45) is 0 Å². The number of nitrogen functional groups attached to an aromatic ring is 1. The van der Waals surface area contributed by atoms with Gasteiger partial charge >= 0.3 is 0 Å². The second-order valence-electron chi connectivity index (χ2n) is 3.17. The lowest BCUT2D eigenvalue weighted by Gasteiger charge is -2.02. The van der Waals surface area contributed by atoms with E-state index in [1.165, 1.54) is 0 Å². The molecule has 1 heterocycles. The van der Waals surface area contributed by atoms with E-state index >= 15 is 0 Å². The second kappa shape index (κ2) is 3.50. The summed E-state index contributed by atoms with van der Waals surface area (Å²) in [5, 5.41) is 0. The lowest BCUT2D eigenvalue weighted by molar-refractivity contribution is 0.581. The molecule has 2 nitrogen and oxygen atoms in total. The first-order valence-electron chi connectivity index (χ1n) is 4.28. The van der Waals surface area contributed by atoms with Crippen LogP contribution in [0, 0.1) is 6.92 Å². The summed E-state index contributed by atoms with van der Waals surface area (Å²) in [4.78, 5) is 0. The molecule has 3 heteroatoms. The fourth-order valence-corrected chi connectivity index (χ4v) is 1.75. The number of benzene rings is 1. The van der Waals surface area contributed by atoms with Gasteiger partial charge in [-0.1, -0.05) is 0 Å². The zero-order chi connectivity index (χ0) is 10.1. The summed E-state index contributed by atoms with van der Waals surface area (Å²) in [5.74, 6) is 0.841. The Kier molecular flexibility index (Phi) is 2.33. The van der Waals surface area contributed by atoms with Crippen molar-refractivity contribution in [3.63, 3.8) is 0 Å². The molecule has 2 aromatic rings. The molecule has 1 aromatic carbocycles. The molecule has 0 bridgehead atoms. The third-order valence-corrected chi connectivity index (χ3v) is 2.77. The Morgan fingerprint density at radius 3 is 2.64 bits per heavy atom. The van der Waals surface area contributed by atoms with Crippen molar-refractivity contribution in [1.82, 2.24) is 0 Å². The first-order chi connectivity index (χ1) is 6.68. The molecule has 72 valence electrons.